The number of fused-ring (bicyclic) bond motifs is 1. The van der Waals surface area contributed by atoms with Gasteiger partial charge in [-0.05, 0) is 59.7 Å². The highest BCUT2D eigenvalue weighted by Gasteiger charge is 2.38. The van der Waals surface area contributed by atoms with Crippen molar-refractivity contribution >= 4 is 5.97 Å². The molecule has 0 aromatic heterocycles. The summed E-state index contributed by atoms with van der Waals surface area (Å²) in [5.74, 6) is -3.85. The molecule has 0 saturated carbocycles. The maximum Gasteiger partial charge on any atom is 0.490 e. The average molecular weight is 401 g/mol. The van der Waals surface area contributed by atoms with Crippen molar-refractivity contribution < 1.29 is 31.9 Å². The third-order valence-corrected chi connectivity index (χ3v) is 4.40. The van der Waals surface area contributed by atoms with Crippen molar-refractivity contribution in [3.8, 4) is 0 Å². The summed E-state index contributed by atoms with van der Waals surface area (Å²) in [6.07, 6.45) is -3.41. The zero-order valence-corrected chi connectivity index (χ0v) is 15.1. The molecule has 0 aliphatic carbocycles. The Morgan fingerprint density at radius 1 is 1.11 bits per heavy atom. The van der Waals surface area contributed by atoms with E-state index in [1.807, 2.05) is 0 Å². The molecule has 8 heteroatoms. The molecule has 0 unspecified atom stereocenters. The summed E-state index contributed by atoms with van der Waals surface area (Å²) >= 11 is 0. The lowest BCUT2D eigenvalue weighted by Gasteiger charge is -2.14. The first-order chi connectivity index (χ1) is 13.1. The molecule has 1 aliphatic heterocycles. The lowest BCUT2D eigenvalue weighted by Crippen LogP contribution is -2.21. The van der Waals surface area contributed by atoms with E-state index in [0.717, 1.165) is 30.6 Å². The Kier molecular flexibility index (Phi) is 7.12. The number of benzene rings is 2. The van der Waals surface area contributed by atoms with Gasteiger partial charge in [-0.2, -0.15) is 13.2 Å². The second kappa shape index (κ2) is 9.14. The Hall–Kier alpha value is -2.48. The number of nitrogens with one attached hydrogen (secondary N) is 1. The van der Waals surface area contributed by atoms with E-state index in [1.54, 1.807) is 6.07 Å². The smallest absolute Gasteiger partial charge is 0.475 e. The van der Waals surface area contributed by atoms with Crippen molar-refractivity contribution in [3.05, 3.63) is 70.3 Å². The van der Waals surface area contributed by atoms with E-state index in [9.17, 15) is 22.0 Å². The van der Waals surface area contributed by atoms with Gasteiger partial charge in [-0.15, -0.1) is 0 Å². The van der Waals surface area contributed by atoms with E-state index in [4.69, 9.17) is 9.90 Å². The van der Waals surface area contributed by atoms with E-state index >= 15 is 0 Å². The molecule has 0 radical (unpaired) electrons. The summed E-state index contributed by atoms with van der Waals surface area (Å²) in [7, 11) is 0. The fourth-order valence-electron chi connectivity index (χ4n) is 2.98. The van der Waals surface area contributed by atoms with Crippen LogP contribution >= 0.6 is 0 Å². The zero-order valence-electron chi connectivity index (χ0n) is 15.1. The van der Waals surface area contributed by atoms with Crippen LogP contribution in [-0.2, 0) is 17.6 Å². The summed E-state index contributed by atoms with van der Waals surface area (Å²) in [5, 5.41) is 10.6. The van der Waals surface area contributed by atoms with E-state index in [1.165, 1.54) is 23.3 Å². The van der Waals surface area contributed by atoms with E-state index in [0.29, 0.717) is 12.3 Å². The summed E-state index contributed by atoms with van der Waals surface area (Å²) < 4.78 is 58.0. The topological polar surface area (TPSA) is 49.3 Å². The minimum Gasteiger partial charge on any atom is -0.475 e. The second-order valence-electron chi connectivity index (χ2n) is 6.62. The van der Waals surface area contributed by atoms with Crippen molar-refractivity contribution in [1.29, 1.82) is 0 Å². The van der Waals surface area contributed by atoms with Crippen LogP contribution in [0.1, 0.15) is 35.1 Å². The molecular formula is C20H20F5NO2. The predicted octanol–water partition coefficient (Wildman–Crippen LogP) is 4.44. The van der Waals surface area contributed by atoms with Gasteiger partial charge in [0.25, 0.3) is 0 Å². The van der Waals surface area contributed by atoms with Crippen LogP contribution in [-0.4, -0.2) is 30.3 Å². The van der Waals surface area contributed by atoms with E-state index < -0.39 is 23.8 Å². The minimum atomic E-state index is -5.08. The van der Waals surface area contributed by atoms with Crippen molar-refractivity contribution in [2.24, 2.45) is 0 Å². The average Bonchev–Trinajstić information content (AvgIpc) is 2.80. The first kappa shape index (κ1) is 21.8. The van der Waals surface area contributed by atoms with Gasteiger partial charge in [0, 0.05) is 6.54 Å². The largest absolute Gasteiger partial charge is 0.490 e. The van der Waals surface area contributed by atoms with Gasteiger partial charge in [0.2, 0.25) is 0 Å². The lowest BCUT2D eigenvalue weighted by molar-refractivity contribution is -0.192. The summed E-state index contributed by atoms with van der Waals surface area (Å²) in [5.41, 5.74) is 4.71. The molecule has 1 atom stereocenters. The second-order valence-corrected chi connectivity index (χ2v) is 6.62. The molecule has 152 valence electrons. The molecule has 1 aliphatic rings. The van der Waals surface area contributed by atoms with Crippen LogP contribution in [0.15, 0.2) is 36.4 Å². The molecule has 0 bridgehead atoms. The fourth-order valence-corrected chi connectivity index (χ4v) is 2.98. The van der Waals surface area contributed by atoms with Gasteiger partial charge in [0.1, 0.15) is 0 Å². The van der Waals surface area contributed by atoms with Crippen LogP contribution in [0.4, 0.5) is 22.0 Å². The molecule has 3 rings (SSSR count). The fraction of sp³-hybridized carbons (Fsp3) is 0.350. The number of carboxylic acid groups (broad SMARTS) is 1. The maximum atomic E-state index is 13.3. The first-order valence-corrected chi connectivity index (χ1v) is 8.64. The Labute approximate surface area is 159 Å². The molecule has 1 heterocycles. The standard InChI is InChI=1S/C18H19F2N.C2HF3O2/c1-12-11-21-7-6-15-4-2-13(9-16(12)15)8-14-3-5-17(19)18(20)10-14;3-2(4,5)1(6)7/h2-5,9-10,12,21H,6-8,11H2,1H3;(H,6,7)/t12-;/m1./s1. The quantitative estimate of drug-likeness (QED) is 0.732. The molecule has 2 aromatic carbocycles. The molecule has 0 saturated heterocycles. The minimum absolute atomic E-state index is 0.479. The van der Waals surface area contributed by atoms with Crippen LogP contribution < -0.4 is 5.32 Å². The van der Waals surface area contributed by atoms with Crippen LogP contribution in [0.2, 0.25) is 0 Å². The summed E-state index contributed by atoms with van der Waals surface area (Å²) in [6.45, 7) is 4.22. The molecule has 2 aromatic rings. The van der Waals surface area contributed by atoms with Gasteiger partial charge in [-0.1, -0.05) is 31.2 Å². The van der Waals surface area contributed by atoms with Crippen molar-refractivity contribution in [1.82, 2.24) is 5.32 Å². The van der Waals surface area contributed by atoms with Gasteiger partial charge < -0.3 is 10.4 Å². The molecule has 2 N–H and O–H groups in total. The summed E-state index contributed by atoms with van der Waals surface area (Å²) in [6, 6.07) is 10.6. The number of hydrogen-bond donors (Lipinski definition) is 2. The molecule has 0 spiro atoms. The molecule has 3 nitrogen and oxygen atoms in total. The van der Waals surface area contributed by atoms with Crippen LogP contribution in [0.3, 0.4) is 0 Å². The van der Waals surface area contributed by atoms with E-state index in [2.05, 4.69) is 30.4 Å². The highest BCUT2D eigenvalue weighted by Crippen LogP contribution is 2.25. The number of halogens is 5. The number of carboxylic acids is 1. The lowest BCUT2D eigenvalue weighted by atomic mass is 9.91. The van der Waals surface area contributed by atoms with Gasteiger partial charge in [0.05, 0.1) is 0 Å². The van der Waals surface area contributed by atoms with E-state index in [-0.39, 0.29) is 0 Å². The number of alkyl halides is 3. The SMILES string of the molecule is C[C@@H]1CNCCc2ccc(Cc3ccc(F)c(F)c3)cc21.O=C(O)C(F)(F)F. The van der Waals surface area contributed by atoms with Crippen molar-refractivity contribution in [3.63, 3.8) is 0 Å². The first-order valence-electron chi connectivity index (χ1n) is 8.64. The monoisotopic (exact) mass is 401 g/mol. The highest BCUT2D eigenvalue weighted by molar-refractivity contribution is 5.73. The number of aliphatic carboxylic acids is 1. The molecule has 0 amide bonds. The van der Waals surface area contributed by atoms with Crippen molar-refractivity contribution in [2.75, 3.05) is 13.1 Å². The maximum absolute atomic E-state index is 13.3. The van der Waals surface area contributed by atoms with Crippen molar-refractivity contribution in [2.45, 2.75) is 31.9 Å². The highest BCUT2D eigenvalue weighted by atomic mass is 19.4. The Bertz CT molecular complexity index is 836. The van der Waals surface area contributed by atoms with Gasteiger partial charge in [-0.3, -0.25) is 0 Å². The molecular weight excluding hydrogens is 381 g/mol. The van der Waals surface area contributed by atoms with Gasteiger partial charge in [0.15, 0.2) is 11.6 Å². The Balaban J connectivity index is 0.000000345. The molecule has 0 fully saturated rings. The van der Waals surface area contributed by atoms with Gasteiger partial charge in [-0.25, -0.2) is 13.6 Å². The Morgan fingerprint density at radius 2 is 1.71 bits per heavy atom. The number of hydrogen-bond acceptors (Lipinski definition) is 2. The zero-order chi connectivity index (χ0) is 20.9. The Morgan fingerprint density at radius 3 is 2.32 bits per heavy atom. The van der Waals surface area contributed by atoms with Crippen LogP contribution in [0.5, 0.6) is 0 Å². The third kappa shape index (κ3) is 6.02. The predicted molar refractivity (Wildman–Crippen MR) is 94.3 cm³/mol. The summed E-state index contributed by atoms with van der Waals surface area (Å²) in [4.78, 5) is 8.90. The molecule has 28 heavy (non-hydrogen) atoms. The van der Waals surface area contributed by atoms with Crippen LogP contribution in [0, 0.1) is 11.6 Å². The number of carbonyl (C=O) groups is 1. The number of rotatable bonds is 2. The van der Waals surface area contributed by atoms with Gasteiger partial charge >= 0.3 is 12.1 Å². The third-order valence-electron chi connectivity index (χ3n) is 4.40. The van der Waals surface area contributed by atoms with Crippen LogP contribution in [0.25, 0.3) is 0 Å². The normalized spacial score (nSPS) is 16.4.